The SMILES string of the molecule is CC1(O[Si](C)(C)C)CC[Si]1(C)O. The summed E-state index contributed by atoms with van der Waals surface area (Å²) in [6, 6.07) is 1.01. The molecule has 1 N–H and O–H groups in total. The zero-order valence-electron chi connectivity index (χ0n) is 8.77. The predicted octanol–water partition coefficient (Wildman–Crippen LogP) is 2.11. The van der Waals surface area contributed by atoms with Crippen molar-refractivity contribution in [3.05, 3.63) is 0 Å². The van der Waals surface area contributed by atoms with Gasteiger partial charge >= 0.3 is 0 Å². The van der Waals surface area contributed by atoms with E-state index in [0.29, 0.717) is 0 Å². The quantitative estimate of drug-likeness (QED) is 0.698. The Kier molecular flexibility index (Phi) is 2.32. The summed E-state index contributed by atoms with van der Waals surface area (Å²) in [5.74, 6) is 0. The Morgan fingerprint density at radius 1 is 1.42 bits per heavy atom. The van der Waals surface area contributed by atoms with Crippen molar-refractivity contribution in [3.8, 4) is 0 Å². The highest BCUT2D eigenvalue weighted by Crippen LogP contribution is 2.43. The molecular formula is C8H20O2Si2. The molecule has 1 heterocycles. The van der Waals surface area contributed by atoms with Gasteiger partial charge in [-0.3, -0.25) is 0 Å². The summed E-state index contributed by atoms with van der Waals surface area (Å²) in [5.41, 5.74) is 0. The fourth-order valence-corrected chi connectivity index (χ4v) is 6.61. The van der Waals surface area contributed by atoms with Crippen molar-refractivity contribution < 1.29 is 9.22 Å². The van der Waals surface area contributed by atoms with E-state index in [4.69, 9.17) is 4.43 Å². The lowest BCUT2D eigenvalue weighted by molar-refractivity contribution is 0.0995. The van der Waals surface area contributed by atoms with Crippen LogP contribution in [0, 0.1) is 0 Å². The van der Waals surface area contributed by atoms with Gasteiger partial charge in [-0.05, 0) is 45.6 Å². The Labute approximate surface area is 77.2 Å². The molecule has 0 aromatic carbocycles. The summed E-state index contributed by atoms with van der Waals surface area (Å²) in [5, 5.41) is -0.141. The second kappa shape index (κ2) is 2.67. The van der Waals surface area contributed by atoms with Gasteiger partial charge in [-0.15, -0.1) is 0 Å². The smallest absolute Gasteiger partial charge is 0.215 e. The standard InChI is InChI=1S/C8H20O2Si2/c1-8(10-11(2,3)4)6-7-12(8,5)9/h9H,6-7H2,1-5H3. The summed E-state index contributed by atoms with van der Waals surface area (Å²) in [7, 11) is -3.48. The van der Waals surface area contributed by atoms with Crippen LogP contribution < -0.4 is 0 Å². The maximum Gasteiger partial charge on any atom is 0.215 e. The van der Waals surface area contributed by atoms with Gasteiger partial charge in [0.1, 0.15) is 0 Å². The van der Waals surface area contributed by atoms with E-state index < -0.39 is 16.6 Å². The fraction of sp³-hybridized carbons (Fsp3) is 1.00. The van der Waals surface area contributed by atoms with Crippen LogP contribution in [-0.4, -0.2) is 26.7 Å². The fourth-order valence-electron chi connectivity index (χ4n) is 1.68. The first kappa shape index (κ1) is 10.4. The van der Waals surface area contributed by atoms with Crippen molar-refractivity contribution in [3.63, 3.8) is 0 Å². The maximum atomic E-state index is 10.0. The molecular weight excluding hydrogens is 184 g/mol. The first-order valence-corrected chi connectivity index (χ1v) is 10.7. The maximum absolute atomic E-state index is 10.0. The molecule has 72 valence electrons. The van der Waals surface area contributed by atoms with Crippen LogP contribution >= 0.6 is 0 Å². The van der Waals surface area contributed by atoms with E-state index in [2.05, 4.69) is 26.6 Å². The lowest BCUT2D eigenvalue weighted by Crippen LogP contribution is -2.67. The third kappa shape index (κ3) is 1.81. The van der Waals surface area contributed by atoms with E-state index in [1.54, 1.807) is 0 Å². The third-order valence-corrected chi connectivity index (χ3v) is 7.88. The van der Waals surface area contributed by atoms with Gasteiger partial charge in [-0.1, -0.05) is 0 Å². The van der Waals surface area contributed by atoms with Gasteiger partial charge in [0.05, 0.1) is 5.22 Å². The minimum Gasteiger partial charge on any atom is -0.429 e. The van der Waals surface area contributed by atoms with Crippen molar-refractivity contribution in [1.29, 1.82) is 0 Å². The highest BCUT2D eigenvalue weighted by atomic mass is 28.4. The van der Waals surface area contributed by atoms with E-state index in [1.807, 2.05) is 6.55 Å². The summed E-state index contributed by atoms with van der Waals surface area (Å²) in [4.78, 5) is 10.0. The minimum absolute atomic E-state index is 0.141. The molecule has 4 heteroatoms. The average Bonchev–Trinajstić information content (AvgIpc) is 1.82. The highest BCUT2D eigenvalue weighted by molar-refractivity contribution is 6.79. The molecule has 2 nitrogen and oxygen atoms in total. The Balaban J connectivity index is 2.63. The van der Waals surface area contributed by atoms with E-state index in [-0.39, 0.29) is 5.22 Å². The highest BCUT2D eigenvalue weighted by Gasteiger charge is 2.56. The topological polar surface area (TPSA) is 29.5 Å². The predicted molar refractivity (Wildman–Crippen MR) is 56.1 cm³/mol. The van der Waals surface area contributed by atoms with Gasteiger partial charge in [-0.25, -0.2) is 0 Å². The molecule has 1 saturated heterocycles. The number of hydrogen-bond donors (Lipinski definition) is 1. The molecule has 0 amide bonds. The van der Waals surface area contributed by atoms with E-state index in [9.17, 15) is 4.80 Å². The minimum atomic E-state index is -2.00. The molecule has 2 unspecified atom stereocenters. The lowest BCUT2D eigenvalue weighted by Gasteiger charge is -2.52. The van der Waals surface area contributed by atoms with Crippen molar-refractivity contribution >= 4 is 16.6 Å². The normalized spacial score (nSPS) is 42.5. The van der Waals surface area contributed by atoms with Crippen LogP contribution in [0.15, 0.2) is 0 Å². The molecule has 12 heavy (non-hydrogen) atoms. The molecule has 1 aliphatic heterocycles. The van der Waals surface area contributed by atoms with Gasteiger partial charge in [-0.2, -0.15) is 0 Å². The van der Waals surface area contributed by atoms with E-state index in [1.165, 1.54) is 0 Å². The van der Waals surface area contributed by atoms with Crippen LogP contribution in [0.5, 0.6) is 0 Å². The second-order valence-corrected chi connectivity index (χ2v) is 13.8. The van der Waals surface area contributed by atoms with Crippen LogP contribution in [-0.2, 0) is 4.43 Å². The number of rotatable bonds is 2. The van der Waals surface area contributed by atoms with E-state index >= 15 is 0 Å². The first-order valence-electron chi connectivity index (χ1n) is 4.59. The molecule has 1 fully saturated rings. The summed E-state index contributed by atoms with van der Waals surface area (Å²) < 4.78 is 6.03. The molecule has 0 aromatic heterocycles. The van der Waals surface area contributed by atoms with E-state index in [0.717, 1.165) is 12.5 Å². The second-order valence-electron chi connectivity index (χ2n) is 5.22. The monoisotopic (exact) mass is 204 g/mol. The summed E-state index contributed by atoms with van der Waals surface area (Å²) >= 11 is 0. The lowest BCUT2D eigenvalue weighted by atomic mass is 10.3. The van der Waals surface area contributed by atoms with Crippen LogP contribution in [0.2, 0.25) is 32.2 Å². The zero-order valence-corrected chi connectivity index (χ0v) is 10.8. The summed E-state index contributed by atoms with van der Waals surface area (Å²) in [6.07, 6.45) is 1.05. The molecule has 2 atom stereocenters. The Morgan fingerprint density at radius 2 is 1.92 bits per heavy atom. The zero-order chi connectivity index (χ0) is 9.62. The van der Waals surface area contributed by atoms with Gasteiger partial charge < -0.3 is 9.22 Å². The van der Waals surface area contributed by atoms with Crippen molar-refractivity contribution in [2.45, 2.75) is 50.8 Å². The van der Waals surface area contributed by atoms with Crippen molar-refractivity contribution in [2.75, 3.05) is 0 Å². The summed E-state index contributed by atoms with van der Waals surface area (Å²) in [6.45, 7) is 10.6. The van der Waals surface area contributed by atoms with Crippen LogP contribution in [0.25, 0.3) is 0 Å². The third-order valence-electron chi connectivity index (χ3n) is 2.76. The average molecular weight is 204 g/mol. The van der Waals surface area contributed by atoms with Crippen LogP contribution in [0.3, 0.4) is 0 Å². The van der Waals surface area contributed by atoms with Crippen molar-refractivity contribution in [2.24, 2.45) is 0 Å². The first-order chi connectivity index (χ1) is 5.16. The van der Waals surface area contributed by atoms with Crippen LogP contribution in [0.1, 0.15) is 13.3 Å². The largest absolute Gasteiger partial charge is 0.429 e. The van der Waals surface area contributed by atoms with Gasteiger partial charge in [0.2, 0.25) is 8.32 Å². The Bertz CT molecular complexity index is 186. The van der Waals surface area contributed by atoms with Gasteiger partial charge in [0, 0.05) is 0 Å². The molecule has 1 rings (SSSR count). The van der Waals surface area contributed by atoms with Crippen LogP contribution in [0.4, 0.5) is 0 Å². The molecule has 0 spiro atoms. The molecule has 0 bridgehead atoms. The van der Waals surface area contributed by atoms with Gasteiger partial charge in [0.25, 0.3) is 0 Å². The number of hydrogen-bond acceptors (Lipinski definition) is 2. The molecule has 0 radical (unpaired) electrons. The molecule has 0 saturated carbocycles. The Hall–Kier alpha value is 0.354. The molecule has 0 aliphatic carbocycles. The molecule has 1 aliphatic rings. The molecule has 0 aromatic rings. The van der Waals surface area contributed by atoms with Gasteiger partial charge in [0.15, 0.2) is 8.32 Å². The Morgan fingerprint density at radius 3 is 2.00 bits per heavy atom. The van der Waals surface area contributed by atoms with Crippen molar-refractivity contribution in [1.82, 2.24) is 0 Å².